The average Bonchev–Trinajstić information content (AvgIpc) is 2.44. The van der Waals surface area contributed by atoms with Gasteiger partial charge in [-0.2, -0.15) is 13.2 Å². The number of hydrogen-bond acceptors (Lipinski definition) is 2. The van der Waals surface area contributed by atoms with Crippen LogP contribution in [0.4, 0.5) is 24.5 Å². The standard InChI is InChI=1S/C15H12BrF3N2O/c1-8-5-11(16)13(7-12(8)20)21-14(22)9-3-2-4-10(6-9)15(17,18)19/h2-7H,20H2,1H3,(H,21,22). The first kappa shape index (κ1) is 16.4. The highest BCUT2D eigenvalue weighted by Gasteiger charge is 2.30. The van der Waals surface area contributed by atoms with Crippen molar-refractivity contribution in [3.63, 3.8) is 0 Å². The molecule has 2 rings (SSSR count). The number of benzene rings is 2. The Morgan fingerprint density at radius 3 is 2.55 bits per heavy atom. The summed E-state index contributed by atoms with van der Waals surface area (Å²) in [4.78, 5) is 12.1. The van der Waals surface area contributed by atoms with E-state index in [2.05, 4.69) is 21.2 Å². The van der Waals surface area contributed by atoms with Gasteiger partial charge in [0.25, 0.3) is 5.91 Å². The second kappa shape index (κ2) is 6.00. The fourth-order valence-electron chi connectivity index (χ4n) is 1.82. The van der Waals surface area contributed by atoms with E-state index in [1.807, 2.05) is 0 Å². The molecule has 3 N–H and O–H groups in total. The minimum absolute atomic E-state index is 0.0825. The highest BCUT2D eigenvalue weighted by atomic mass is 79.9. The lowest BCUT2D eigenvalue weighted by atomic mass is 10.1. The van der Waals surface area contributed by atoms with Crippen LogP contribution in [0.1, 0.15) is 21.5 Å². The molecule has 0 heterocycles. The number of alkyl halides is 3. The molecule has 0 bridgehead atoms. The average molecular weight is 373 g/mol. The molecule has 0 aliphatic carbocycles. The van der Waals surface area contributed by atoms with Crippen LogP contribution in [0.25, 0.3) is 0 Å². The van der Waals surface area contributed by atoms with Gasteiger partial charge in [-0.25, -0.2) is 0 Å². The van der Waals surface area contributed by atoms with Crippen LogP contribution < -0.4 is 11.1 Å². The molecule has 0 saturated carbocycles. The van der Waals surface area contributed by atoms with E-state index in [4.69, 9.17) is 5.73 Å². The van der Waals surface area contributed by atoms with E-state index in [-0.39, 0.29) is 5.56 Å². The molecule has 2 aromatic carbocycles. The lowest BCUT2D eigenvalue weighted by Gasteiger charge is -2.12. The van der Waals surface area contributed by atoms with Crippen molar-refractivity contribution in [2.45, 2.75) is 13.1 Å². The third kappa shape index (κ3) is 3.59. The van der Waals surface area contributed by atoms with Gasteiger partial charge in [0.05, 0.1) is 11.3 Å². The van der Waals surface area contributed by atoms with Gasteiger partial charge in [0.2, 0.25) is 0 Å². The summed E-state index contributed by atoms with van der Waals surface area (Å²) in [6.45, 7) is 1.80. The number of halogens is 4. The topological polar surface area (TPSA) is 55.1 Å². The van der Waals surface area contributed by atoms with E-state index < -0.39 is 17.6 Å². The number of hydrogen-bond donors (Lipinski definition) is 2. The maximum Gasteiger partial charge on any atom is 0.416 e. The fourth-order valence-corrected chi connectivity index (χ4v) is 2.37. The molecule has 1 amide bonds. The Morgan fingerprint density at radius 2 is 1.91 bits per heavy atom. The summed E-state index contributed by atoms with van der Waals surface area (Å²) < 4.78 is 38.6. The Balaban J connectivity index is 2.29. The summed E-state index contributed by atoms with van der Waals surface area (Å²) in [6, 6.07) is 7.49. The van der Waals surface area contributed by atoms with Gasteiger partial charge in [-0.1, -0.05) is 6.07 Å². The highest BCUT2D eigenvalue weighted by molar-refractivity contribution is 9.10. The predicted molar refractivity (Wildman–Crippen MR) is 82.7 cm³/mol. The summed E-state index contributed by atoms with van der Waals surface area (Å²) in [7, 11) is 0. The summed E-state index contributed by atoms with van der Waals surface area (Å²) in [5, 5.41) is 2.54. The smallest absolute Gasteiger partial charge is 0.398 e. The lowest BCUT2D eigenvalue weighted by Crippen LogP contribution is -2.14. The largest absolute Gasteiger partial charge is 0.416 e. The van der Waals surface area contributed by atoms with Gasteiger partial charge >= 0.3 is 6.18 Å². The molecule has 7 heteroatoms. The second-order valence-corrected chi connectivity index (χ2v) is 5.58. The van der Waals surface area contributed by atoms with Crippen molar-refractivity contribution in [2.24, 2.45) is 0 Å². The molecular weight excluding hydrogens is 361 g/mol. The van der Waals surface area contributed by atoms with Gasteiger partial charge in [0.1, 0.15) is 0 Å². The summed E-state index contributed by atoms with van der Waals surface area (Å²) in [5.74, 6) is -0.643. The van der Waals surface area contributed by atoms with Gasteiger partial charge in [0, 0.05) is 15.7 Å². The third-order valence-corrected chi connectivity index (χ3v) is 3.71. The number of amides is 1. The molecule has 116 valence electrons. The first-order valence-electron chi connectivity index (χ1n) is 6.22. The molecule has 0 aliphatic heterocycles. The number of anilines is 2. The van der Waals surface area contributed by atoms with Crippen LogP contribution >= 0.6 is 15.9 Å². The Bertz CT molecular complexity index is 729. The van der Waals surface area contributed by atoms with Gasteiger partial charge in [-0.3, -0.25) is 4.79 Å². The maximum absolute atomic E-state index is 12.7. The van der Waals surface area contributed by atoms with Crippen LogP contribution in [-0.4, -0.2) is 5.91 Å². The van der Waals surface area contributed by atoms with E-state index in [1.165, 1.54) is 12.1 Å². The maximum atomic E-state index is 12.7. The molecule has 22 heavy (non-hydrogen) atoms. The molecule has 0 atom stereocenters. The van der Waals surface area contributed by atoms with Crippen LogP contribution in [0.15, 0.2) is 40.9 Å². The number of carbonyl (C=O) groups is 1. The fraction of sp³-hybridized carbons (Fsp3) is 0.133. The molecule has 2 aromatic rings. The Kier molecular flexibility index (Phi) is 4.46. The van der Waals surface area contributed by atoms with E-state index in [1.54, 1.807) is 19.1 Å². The van der Waals surface area contributed by atoms with Crippen LogP contribution in [-0.2, 0) is 6.18 Å². The number of nitrogens with one attached hydrogen (secondary N) is 1. The predicted octanol–water partition coefficient (Wildman–Crippen LogP) is 4.61. The molecule has 0 aromatic heterocycles. The molecule has 0 radical (unpaired) electrons. The van der Waals surface area contributed by atoms with E-state index >= 15 is 0 Å². The number of aryl methyl sites for hydroxylation is 1. The Hall–Kier alpha value is -2.02. The molecule has 0 unspecified atom stereocenters. The molecular formula is C15H12BrF3N2O. The molecule has 0 spiro atoms. The van der Waals surface area contributed by atoms with Crippen molar-refractivity contribution >= 4 is 33.2 Å². The second-order valence-electron chi connectivity index (χ2n) is 4.72. The van der Waals surface area contributed by atoms with Crippen molar-refractivity contribution < 1.29 is 18.0 Å². The zero-order valence-electron chi connectivity index (χ0n) is 11.5. The monoisotopic (exact) mass is 372 g/mol. The molecule has 0 fully saturated rings. The van der Waals surface area contributed by atoms with Crippen molar-refractivity contribution in [1.82, 2.24) is 0 Å². The zero-order chi connectivity index (χ0) is 16.5. The molecule has 3 nitrogen and oxygen atoms in total. The van der Waals surface area contributed by atoms with E-state index in [0.29, 0.717) is 15.8 Å². The van der Waals surface area contributed by atoms with E-state index in [0.717, 1.165) is 17.7 Å². The van der Waals surface area contributed by atoms with Crippen molar-refractivity contribution in [3.05, 3.63) is 57.6 Å². The molecule has 0 saturated heterocycles. The summed E-state index contributed by atoms with van der Waals surface area (Å²) in [6.07, 6.45) is -4.49. The number of rotatable bonds is 2. The lowest BCUT2D eigenvalue weighted by molar-refractivity contribution is -0.137. The highest BCUT2D eigenvalue weighted by Crippen LogP contribution is 2.31. The SMILES string of the molecule is Cc1cc(Br)c(NC(=O)c2cccc(C(F)(F)F)c2)cc1N. The first-order valence-corrected chi connectivity index (χ1v) is 7.02. The van der Waals surface area contributed by atoms with Crippen LogP contribution in [0.5, 0.6) is 0 Å². The van der Waals surface area contributed by atoms with Crippen molar-refractivity contribution in [3.8, 4) is 0 Å². The Labute approximate surface area is 133 Å². The van der Waals surface area contributed by atoms with Crippen LogP contribution in [0.3, 0.4) is 0 Å². The third-order valence-electron chi connectivity index (χ3n) is 3.06. The summed E-state index contributed by atoms with van der Waals surface area (Å²) >= 11 is 3.28. The molecule has 0 aliphatic rings. The number of nitrogens with two attached hydrogens (primary N) is 1. The van der Waals surface area contributed by atoms with Gasteiger partial charge in [-0.05, 0) is 58.7 Å². The van der Waals surface area contributed by atoms with Crippen LogP contribution in [0, 0.1) is 6.92 Å². The van der Waals surface area contributed by atoms with Gasteiger partial charge < -0.3 is 11.1 Å². The van der Waals surface area contributed by atoms with Crippen molar-refractivity contribution in [1.29, 1.82) is 0 Å². The number of carbonyl (C=O) groups excluding carboxylic acids is 1. The minimum atomic E-state index is -4.49. The van der Waals surface area contributed by atoms with Gasteiger partial charge in [-0.15, -0.1) is 0 Å². The normalized spacial score (nSPS) is 11.3. The quantitative estimate of drug-likeness (QED) is 0.756. The zero-order valence-corrected chi connectivity index (χ0v) is 13.0. The van der Waals surface area contributed by atoms with Crippen molar-refractivity contribution in [2.75, 3.05) is 11.1 Å². The van der Waals surface area contributed by atoms with E-state index in [9.17, 15) is 18.0 Å². The number of nitrogen functional groups attached to an aromatic ring is 1. The summed E-state index contributed by atoms with van der Waals surface area (Å²) in [5.41, 5.74) is 6.50. The minimum Gasteiger partial charge on any atom is -0.398 e. The van der Waals surface area contributed by atoms with Gasteiger partial charge in [0.15, 0.2) is 0 Å². The first-order chi connectivity index (χ1) is 10.2. The Morgan fingerprint density at radius 1 is 1.23 bits per heavy atom. The van der Waals surface area contributed by atoms with Crippen LogP contribution in [0.2, 0.25) is 0 Å².